The molecule has 54 valence electrons. The summed E-state index contributed by atoms with van der Waals surface area (Å²) in [5.74, 6) is -0.428. The molecule has 1 aliphatic heterocycles. The molecule has 0 radical (unpaired) electrons. The molecule has 5 heteroatoms. The topological polar surface area (TPSA) is 67.2 Å². The van der Waals surface area contributed by atoms with E-state index in [9.17, 15) is 4.79 Å². The van der Waals surface area contributed by atoms with Crippen molar-refractivity contribution in [3.63, 3.8) is 0 Å². The SMILES string of the molecule is NC(=O)C1=CNC(=S)NC1. The fourth-order valence-electron chi connectivity index (χ4n) is 0.588. The van der Waals surface area contributed by atoms with Gasteiger partial charge in [0.15, 0.2) is 5.11 Å². The van der Waals surface area contributed by atoms with Crippen LogP contribution in [-0.4, -0.2) is 17.6 Å². The van der Waals surface area contributed by atoms with Crippen LogP contribution < -0.4 is 16.4 Å². The largest absolute Gasteiger partial charge is 0.366 e. The van der Waals surface area contributed by atoms with Gasteiger partial charge >= 0.3 is 0 Å². The number of nitrogens with one attached hydrogen (secondary N) is 2. The molecule has 4 N–H and O–H groups in total. The maximum atomic E-state index is 10.5. The zero-order valence-electron chi connectivity index (χ0n) is 5.18. The third-order valence-electron chi connectivity index (χ3n) is 1.13. The lowest BCUT2D eigenvalue weighted by Crippen LogP contribution is -2.41. The Kier molecular flexibility index (Phi) is 1.86. The van der Waals surface area contributed by atoms with Gasteiger partial charge in [0, 0.05) is 12.7 Å². The second-order valence-corrected chi connectivity index (χ2v) is 2.27. The molecule has 0 aromatic heterocycles. The van der Waals surface area contributed by atoms with E-state index < -0.39 is 5.91 Å². The Morgan fingerprint density at radius 1 is 1.80 bits per heavy atom. The van der Waals surface area contributed by atoms with E-state index >= 15 is 0 Å². The van der Waals surface area contributed by atoms with Gasteiger partial charge in [-0.25, -0.2) is 0 Å². The molecule has 0 aromatic rings. The van der Waals surface area contributed by atoms with Gasteiger partial charge in [-0.15, -0.1) is 0 Å². The van der Waals surface area contributed by atoms with E-state index in [1.165, 1.54) is 6.20 Å². The highest BCUT2D eigenvalue weighted by Crippen LogP contribution is 1.92. The van der Waals surface area contributed by atoms with Crippen molar-refractivity contribution in [1.29, 1.82) is 0 Å². The van der Waals surface area contributed by atoms with Gasteiger partial charge < -0.3 is 16.4 Å². The second-order valence-electron chi connectivity index (χ2n) is 1.86. The molecule has 1 heterocycles. The van der Waals surface area contributed by atoms with Crippen molar-refractivity contribution in [2.45, 2.75) is 0 Å². The fraction of sp³-hybridized carbons (Fsp3) is 0.200. The summed E-state index contributed by atoms with van der Waals surface area (Å²) in [5.41, 5.74) is 5.49. The predicted molar refractivity (Wildman–Crippen MR) is 41.0 cm³/mol. The van der Waals surface area contributed by atoms with Crippen LogP contribution in [0.5, 0.6) is 0 Å². The molecule has 10 heavy (non-hydrogen) atoms. The third-order valence-corrected chi connectivity index (χ3v) is 1.40. The molecule has 0 aromatic carbocycles. The summed E-state index contributed by atoms with van der Waals surface area (Å²) in [7, 11) is 0. The summed E-state index contributed by atoms with van der Waals surface area (Å²) < 4.78 is 0. The predicted octanol–water partition coefficient (Wildman–Crippen LogP) is -1.17. The Balaban J connectivity index is 2.65. The number of nitrogens with two attached hydrogens (primary N) is 1. The van der Waals surface area contributed by atoms with Crippen LogP contribution in [0.2, 0.25) is 0 Å². The molecular weight excluding hydrogens is 150 g/mol. The van der Waals surface area contributed by atoms with Gasteiger partial charge in [0.05, 0.1) is 5.57 Å². The van der Waals surface area contributed by atoms with Crippen molar-refractivity contribution >= 4 is 23.2 Å². The molecule has 0 saturated carbocycles. The van der Waals surface area contributed by atoms with E-state index in [1.54, 1.807) is 0 Å². The lowest BCUT2D eigenvalue weighted by molar-refractivity contribution is -0.114. The van der Waals surface area contributed by atoms with E-state index in [0.717, 1.165) is 0 Å². The van der Waals surface area contributed by atoms with Crippen molar-refractivity contribution < 1.29 is 4.79 Å². The van der Waals surface area contributed by atoms with Gasteiger partial charge in [0.1, 0.15) is 0 Å². The molecule has 0 aliphatic carbocycles. The lowest BCUT2D eigenvalue weighted by Gasteiger charge is -2.14. The number of carbonyl (C=O) groups is 1. The summed E-state index contributed by atoms with van der Waals surface area (Å²) in [5, 5.41) is 5.95. The molecule has 4 nitrogen and oxygen atoms in total. The summed E-state index contributed by atoms with van der Waals surface area (Å²) in [4.78, 5) is 10.5. The number of amides is 1. The molecule has 0 saturated heterocycles. The Hall–Kier alpha value is -1.10. The van der Waals surface area contributed by atoms with Crippen LogP contribution in [0.4, 0.5) is 0 Å². The van der Waals surface area contributed by atoms with Crippen molar-refractivity contribution in [2.24, 2.45) is 5.73 Å². The standard InChI is InChI=1S/C5H7N3OS/c6-4(9)3-1-7-5(10)8-2-3/h1H,2H2,(H2,6,9)(H2,7,8,10). The highest BCUT2D eigenvalue weighted by atomic mass is 32.1. The first-order valence-electron chi connectivity index (χ1n) is 2.73. The van der Waals surface area contributed by atoms with Crippen molar-refractivity contribution in [2.75, 3.05) is 6.54 Å². The van der Waals surface area contributed by atoms with Crippen molar-refractivity contribution in [3.8, 4) is 0 Å². The number of hydrogen-bond donors (Lipinski definition) is 3. The van der Waals surface area contributed by atoms with Crippen LogP contribution in [0.1, 0.15) is 0 Å². The molecule has 0 spiro atoms. The number of hydrogen-bond acceptors (Lipinski definition) is 2. The number of thiocarbonyl (C=S) groups is 1. The quantitative estimate of drug-likeness (QED) is 0.420. The summed E-state index contributed by atoms with van der Waals surface area (Å²) in [6.07, 6.45) is 1.52. The van der Waals surface area contributed by atoms with Gasteiger partial charge in [-0.2, -0.15) is 0 Å². The normalized spacial score (nSPS) is 16.8. The maximum Gasteiger partial charge on any atom is 0.247 e. The third kappa shape index (κ3) is 1.44. The first kappa shape index (κ1) is 7.01. The summed E-state index contributed by atoms with van der Waals surface area (Å²) in [6, 6.07) is 0. The van der Waals surface area contributed by atoms with Crippen LogP contribution in [0, 0.1) is 0 Å². The highest BCUT2D eigenvalue weighted by Gasteiger charge is 2.09. The maximum absolute atomic E-state index is 10.5. The Labute approximate surface area is 63.5 Å². The minimum absolute atomic E-state index is 0.418. The Morgan fingerprint density at radius 3 is 2.90 bits per heavy atom. The van der Waals surface area contributed by atoms with Gasteiger partial charge in [0.2, 0.25) is 5.91 Å². The Bertz CT molecular complexity index is 211. The van der Waals surface area contributed by atoms with Crippen molar-refractivity contribution in [1.82, 2.24) is 10.6 Å². The van der Waals surface area contributed by atoms with Crippen LogP contribution in [0.25, 0.3) is 0 Å². The molecule has 1 rings (SSSR count). The van der Waals surface area contributed by atoms with Crippen LogP contribution in [0.3, 0.4) is 0 Å². The number of carbonyl (C=O) groups excluding carboxylic acids is 1. The number of rotatable bonds is 1. The second kappa shape index (κ2) is 2.66. The molecule has 0 bridgehead atoms. The highest BCUT2D eigenvalue weighted by molar-refractivity contribution is 7.80. The summed E-state index contributed by atoms with van der Waals surface area (Å²) >= 11 is 4.73. The van der Waals surface area contributed by atoms with E-state index in [1.807, 2.05) is 0 Å². The van der Waals surface area contributed by atoms with E-state index in [-0.39, 0.29) is 0 Å². The van der Waals surface area contributed by atoms with Gasteiger partial charge in [0.25, 0.3) is 0 Å². The van der Waals surface area contributed by atoms with Crippen LogP contribution in [0.15, 0.2) is 11.8 Å². The smallest absolute Gasteiger partial charge is 0.247 e. The number of primary amides is 1. The van der Waals surface area contributed by atoms with Gasteiger partial charge in [-0.3, -0.25) is 4.79 Å². The fourth-order valence-corrected chi connectivity index (χ4v) is 0.720. The lowest BCUT2D eigenvalue weighted by atomic mass is 10.2. The zero-order chi connectivity index (χ0) is 7.56. The summed E-state index contributed by atoms with van der Waals surface area (Å²) in [6.45, 7) is 0.418. The molecule has 1 amide bonds. The average Bonchev–Trinajstić information content (AvgIpc) is 1.88. The molecule has 1 aliphatic rings. The van der Waals surface area contributed by atoms with Crippen LogP contribution in [-0.2, 0) is 4.79 Å². The zero-order valence-corrected chi connectivity index (χ0v) is 5.99. The van der Waals surface area contributed by atoms with Gasteiger partial charge in [-0.05, 0) is 12.2 Å². The first-order valence-corrected chi connectivity index (χ1v) is 3.14. The van der Waals surface area contributed by atoms with E-state index in [4.69, 9.17) is 18.0 Å². The minimum Gasteiger partial charge on any atom is -0.366 e. The molecular formula is C5H7N3OS. The van der Waals surface area contributed by atoms with E-state index in [2.05, 4.69) is 10.6 Å². The van der Waals surface area contributed by atoms with Crippen LogP contribution >= 0.6 is 12.2 Å². The molecule has 0 unspecified atom stereocenters. The van der Waals surface area contributed by atoms with E-state index in [0.29, 0.717) is 17.2 Å². The van der Waals surface area contributed by atoms with Crippen molar-refractivity contribution in [3.05, 3.63) is 11.8 Å². The average molecular weight is 157 g/mol. The minimum atomic E-state index is -0.428. The van der Waals surface area contributed by atoms with Gasteiger partial charge in [-0.1, -0.05) is 0 Å². The monoisotopic (exact) mass is 157 g/mol. The first-order chi connectivity index (χ1) is 4.70. The Morgan fingerprint density at radius 2 is 2.50 bits per heavy atom. The molecule has 0 fully saturated rings. The molecule has 0 atom stereocenters.